The molecule has 1 amide bonds. The molecule has 3 aromatic carbocycles. The Hall–Kier alpha value is -3.41. The highest BCUT2D eigenvalue weighted by Crippen LogP contribution is 2.36. The Morgan fingerprint density at radius 2 is 1.86 bits per heavy atom. The lowest BCUT2D eigenvalue weighted by Gasteiger charge is -2.42. The Morgan fingerprint density at radius 1 is 1.14 bits per heavy atom. The van der Waals surface area contributed by atoms with Crippen molar-refractivity contribution in [2.75, 3.05) is 37.7 Å². The van der Waals surface area contributed by atoms with Crippen LogP contribution >= 0.6 is 11.6 Å². The first-order chi connectivity index (χ1) is 17.4. The number of aliphatic hydroxyl groups excluding tert-OH is 2. The Labute approximate surface area is 215 Å². The molecule has 2 N–H and O–H groups in total. The van der Waals surface area contributed by atoms with Crippen LogP contribution in [0, 0.1) is 18.3 Å². The minimum absolute atomic E-state index is 0.0752. The van der Waals surface area contributed by atoms with Crippen LogP contribution in [-0.4, -0.2) is 53.9 Å². The molecule has 36 heavy (non-hydrogen) atoms. The van der Waals surface area contributed by atoms with Crippen LogP contribution in [0.5, 0.6) is 5.75 Å². The predicted octanol–water partition coefficient (Wildman–Crippen LogP) is 4.01. The van der Waals surface area contributed by atoms with Gasteiger partial charge in [0, 0.05) is 23.8 Å². The van der Waals surface area contributed by atoms with Gasteiger partial charge in [-0.15, -0.1) is 0 Å². The van der Waals surface area contributed by atoms with E-state index < -0.39 is 6.10 Å². The predicted molar refractivity (Wildman–Crippen MR) is 138 cm³/mol. The fourth-order valence-electron chi connectivity index (χ4n) is 4.49. The van der Waals surface area contributed by atoms with E-state index in [0.717, 1.165) is 16.8 Å². The van der Waals surface area contributed by atoms with Crippen LogP contribution in [0.1, 0.15) is 34.4 Å². The number of rotatable bonds is 8. The van der Waals surface area contributed by atoms with Gasteiger partial charge in [0.1, 0.15) is 12.4 Å². The fourth-order valence-corrected chi connectivity index (χ4v) is 4.62. The summed E-state index contributed by atoms with van der Waals surface area (Å²) in [6.45, 7) is 3.00. The molecule has 0 saturated carbocycles. The summed E-state index contributed by atoms with van der Waals surface area (Å²) in [5.41, 5.74) is 3.82. The number of nitriles is 1. The Bertz CT molecular complexity index is 1240. The highest BCUT2D eigenvalue weighted by Gasteiger charge is 2.36. The first kappa shape index (κ1) is 25.7. The molecule has 0 spiro atoms. The minimum atomic E-state index is -0.798. The zero-order valence-corrected chi connectivity index (χ0v) is 20.7. The van der Waals surface area contributed by atoms with Crippen molar-refractivity contribution in [3.05, 3.63) is 94.0 Å². The van der Waals surface area contributed by atoms with Crippen molar-refractivity contribution in [3.63, 3.8) is 0 Å². The van der Waals surface area contributed by atoms with Crippen LogP contribution in [0.4, 0.5) is 5.69 Å². The average Bonchev–Trinajstić information content (AvgIpc) is 2.88. The molecule has 0 unspecified atom stereocenters. The minimum Gasteiger partial charge on any atom is -0.491 e. The fraction of sp³-hybridized carbons (Fsp3) is 0.286. The molecule has 1 aliphatic rings. The van der Waals surface area contributed by atoms with Gasteiger partial charge in [-0.25, -0.2) is 0 Å². The van der Waals surface area contributed by atoms with Gasteiger partial charge in [0.2, 0.25) is 5.91 Å². The van der Waals surface area contributed by atoms with E-state index in [4.69, 9.17) is 26.7 Å². The van der Waals surface area contributed by atoms with Crippen molar-refractivity contribution in [3.8, 4) is 11.8 Å². The van der Waals surface area contributed by atoms with Crippen LogP contribution in [-0.2, 0) is 4.79 Å². The summed E-state index contributed by atoms with van der Waals surface area (Å²) in [5.74, 6) is 0.547. The van der Waals surface area contributed by atoms with Crippen LogP contribution in [0.25, 0.3) is 0 Å². The van der Waals surface area contributed by atoms with Crippen molar-refractivity contribution < 1.29 is 19.7 Å². The maximum Gasteiger partial charge on any atom is 0.241 e. The molecule has 0 aliphatic carbocycles. The Balaban J connectivity index is 1.60. The summed E-state index contributed by atoms with van der Waals surface area (Å²) in [4.78, 5) is 17.3. The van der Waals surface area contributed by atoms with E-state index in [9.17, 15) is 9.90 Å². The van der Waals surface area contributed by atoms with E-state index in [0.29, 0.717) is 28.4 Å². The van der Waals surface area contributed by atoms with Crippen molar-refractivity contribution in [1.82, 2.24) is 4.90 Å². The number of hydrogen-bond acceptors (Lipinski definition) is 6. The third kappa shape index (κ3) is 5.86. The van der Waals surface area contributed by atoms with E-state index in [1.165, 1.54) is 0 Å². The van der Waals surface area contributed by atoms with Gasteiger partial charge in [-0.3, -0.25) is 9.69 Å². The summed E-state index contributed by atoms with van der Waals surface area (Å²) in [6.07, 6.45) is -0.798. The van der Waals surface area contributed by atoms with Gasteiger partial charge in [0.25, 0.3) is 0 Å². The number of aryl methyl sites for hydroxylation is 1. The summed E-state index contributed by atoms with van der Waals surface area (Å²) >= 11 is 6.13. The maximum atomic E-state index is 13.5. The van der Waals surface area contributed by atoms with Crippen molar-refractivity contribution in [1.29, 1.82) is 5.26 Å². The highest BCUT2D eigenvalue weighted by molar-refractivity contribution is 6.30. The smallest absolute Gasteiger partial charge is 0.241 e. The highest BCUT2D eigenvalue weighted by atomic mass is 35.5. The lowest BCUT2D eigenvalue weighted by Crippen LogP contribution is -2.53. The van der Waals surface area contributed by atoms with Gasteiger partial charge >= 0.3 is 0 Å². The zero-order valence-electron chi connectivity index (χ0n) is 20.0. The van der Waals surface area contributed by atoms with Gasteiger partial charge < -0.3 is 19.8 Å². The van der Waals surface area contributed by atoms with Crippen molar-refractivity contribution in [2.24, 2.45) is 0 Å². The number of anilines is 1. The number of amides is 1. The van der Waals surface area contributed by atoms with E-state index in [1.807, 2.05) is 48.2 Å². The molecule has 1 aliphatic heterocycles. The second-order valence-corrected chi connectivity index (χ2v) is 9.23. The Morgan fingerprint density at radius 3 is 2.50 bits per heavy atom. The number of carbonyl (C=O) groups excluding carboxylic acids is 1. The molecule has 186 valence electrons. The molecule has 4 rings (SSSR count). The van der Waals surface area contributed by atoms with Crippen LogP contribution in [0.3, 0.4) is 0 Å². The lowest BCUT2D eigenvalue weighted by molar-refractivity contribution is -0.122. The molecular weight excluding hydrogens is 478 g/mol. The molecule has 1 fully saturated rings. The number of carbonyl (C=O) groups is 1. The molecule has 1 heterocycles. The second-order valence-electron chi connectivity index (χ2n) is 8.80. The molecule has 3 aromatic rings. The summed E-state index contributed by atoms with van der Waals surface area (Å²) in [6, 6.07) is 21.6. The maximum absolute atomic E-state index is 13.5. The molecular formula is C28H28ClN3O4. The number of hydrogen-bond donors (Lipinski definition) is 2. The third-order valence-corrected chi connectivity index (χ3v) is 6.52. The van der Waals surface area contributed by atoms with Gasteiger partial charge in [-0.05, 0) is 66.1 Å². The van der Waals surface area contributed by atoms with E-state index in [1.54, 1.807) is 35.2 Å². The number of nitrogens with zero attached hydrogens (tertiary/aromatic N) is 3. The molecule has 0 aromatic heterocycles. The van der Waals surface area contributed by atoms with Crippen LogP contribution < -0.4 is 9.64 Å². The number of ether oxygens (including phenoxy) is 1. The van der Waals surface area contributed by atoms with Gasteiger partial charge in [-0.1, -0.05) is 35.9 Å². The summed E-state index contributed by atoms with van der Waals surface area (Å²) in [7, 11) is 0. The quantitative estimate of drug-likeness (QED) is 0.480. The third-order valence-electron chi connectivity index (χ3n) is 6.27. The first-order valence-electron chi connectivity index (χ1n) is 11.7. The lowest BCUT2D eigenvalue weighted by atomic mass is 9.99. The second kappa shape index (κ2) is 11.5. The first-order valence-corrected chi connectivity index (χ1v) is 12.1. The zero-order chi connectivity index (χ0) is 25.7. The van der Waals surface area contributed by atoms with Gasteiger partial charge in [0.05, 0.1) is 36.9 Å². The number of aliphatic hydroxyl groups is 2. The SMILES string of the molecule is Cc1cc(OCCO)ccc1N1C(=O)CN(C[C@@H](O)c2ccc(C#N)cc2)C[C@H]1c1ccc(Cl)cc1. The Kier molecular flexibility index (Phi) is 8.24. The monoisotopic (exact) mass is 505 g/mol. The largest absolute Gasteiger partial charge is 0.491 e. The molecule has 2 atom stereocenters. The molecule has 0 radical (unpaired) electrons. The van der Waals surface area contributed by atoms with Gasteiger partial charge in [0.15, 0.2) is 0 Å². The standard InChI is InChI=1S/C28H28ClN3O4/c1-19-14-24(36-13-12-33)10-11-25(19)32-26(21-6-8-23(29)9-7-21)16-31(18-28(32)35)17-27(34)22-4-2-20(15-30)3-5-22/h2-11,14,26-27,33-34H,12-13,16-18H2,1H3/t26-,27+/m0/s1. The number of halogens is 1. The van der Waals surface area contributed by atoms with E-state index in [-0.39, 0.29) is 38.3 Å². The molecule has 8 heteroatoms. The van der Waals surface area contributed by atoms with E-state index in [2.05, 4.69) is 6.07 Å². The molecule has 7 nitrogen and oxygen atoms in total. The van der Waals surface area contributed by atoms with Crippen LogP contribution in [0.2, 0.25) is 5.02 Å². The molecule has 1 saturated heterocycles. The number of benzene rings is 3. The number of β-amino-alcohol motifs (C(OH)–C–C–N with tert-alkyl or cyclic N) is 1. The average molecular weight is 506 g/mol. The summed E-state index contributed by atoms with van der Waals surface area (Å²) in [5, 5.41) is 29.5. The molecule has 0 bridgehead atoms. The normalized spacial score (nSPS) is 17.0. The van der Waals surface area contributed by atoms with Crippen LogP contribution in [0.15, 0.2) is 66.7 Å². The van der Waals surface area contributed by atoms with Gasteiger partial charge in [-0.2, -0.15) is 5.26 Å². The summed E-state index contributed by atoms with van der Waals surface area (Å²) < 4.78 is 5.53. The topological polar surface area (TPSA) is 97.0 Å². The van der Waals surface area contributed by atoms with E-state index >= 15 is 0 Å². The van der Waals surface area contributed by atoms with Crippen molar-refractivity contribution in [2.45, 2.75) is 19.1 Å². The number of piperazine rings is 1. The van der Waals surface area contributed by atoms with Crippen molar-refractivity contribution >= 4 is 23.2 Å².